The van der Waals surface area contributed by atoms with E-state index in [1.165, 1.54) is 19.2 Å². The quantitative estimate of drug-likeness (QED) is 0.413. The van der Waals surface area contributed by atoms with Crippen molar-refractivity contribution < 1.29 is 22.7 Å². The molecule has 1 heterocycles. The van der Waals surface area contributed by atoms with Gasteiger partial charge in [-0.05, 0) is 6.07 Å². The molecule has 0 unspecified atom stereocenters. The van der Waals surface area contributed by atoms with Crippen LogP contribution in [0.3, 0.4) is 0 Å². The lowest BCUT2D eigenvalue weighted by Crippen LogP contribution is -2.33. The van der Waals surface area contributed by atoms with Gasteiger partial charge in [0.05, 0.1) is 23.7 Å². The number of anilines is 3. The van der Waals surface area contributed by atoms with Crippen LogP contribution >= 0.6 is 0 Å². The minimum absolute atomic E-state index is 0.101. The molecule has 1 aliphatic heterocycles. The normalized spacial score (nSPS) is 14.0. The number of fused-ring (bicyclic) bond motifs is 1. The summed E-state index contributed by atoms with van der Waals surface area (Å²) in [5, 5.41) is 2.57. The largest absolute Gasteiger partial charge is 0.482 e. The average Bonchev–Trinajstić information content (AvgIpc) is 2.40. The van der Waals surface area contributed by atoms with E-state index in [1.54, 1.807) is 0 Å². The number of amides is 1. The van der Waals surface area contributed by atoms with E-state index < -0.39 is 10.2 Å². The van der Waals surface area contributed by atoms with Crippen molar-refractivity contribution in [1.29, 1.82) is 0 Å². The van der Waals surface area contributed by atoms with Crippen molar-refractivity contribution >= 4 is 33.2 Å². The Morgan fingerprint density at radius 3 is 2.95 bits per heavy atom. The molecule has 5 N–H and O–H groups in total. The number of hydrogen-bond acceptors (Lipinski definition) is 6. The first-order chi connectivity index (χ1) is 9.91. The first kappa shape index (κ1) is 15.4. The van der Waals surface area contributed by atoms with Crippen LogP contribution < -0.4 is 25.2 Å². The third-order valence-electron chi connectivity index (χ3n) is 2.63. The molecule has 116 valence electrons. The minimum atomic E-state index is -3.78. The Morgan fingerprint density at radius 1 is 1.48 bits per heavy atom. The maximum absolute atomic E-state index is 11.8. The van der Waals surface area contributed by atoms with Crippen LogP contribution in [0.5, 0.6) is 5.75 Å². The van der Waals surface area contributed by atoms with Crippen LogP contribution in [0.15, 0.2) is 12.1 Å². The summed E-state index contributed by atoms with van der Waals surface area (Å²) in [4.78, 5) is 11.2. The Hall–Kier alpha value is -2.04. The zero-order valence-corrected chi connectivity index (χ0v) is 12.1. The molecular formula is C11H16N4O5S. The standard InChI is InChI=1S/C11H16N4O5S/c1-19-3-2-13-21(17,18)15-8-5-9-10(4-7(8)12)20-6-11(16)14-9/h4-5,13,15H,2-3,6,12H2,1H3,(H,14,16). The number of carbonyl (C=O) groups is 1. The SMILES string of the molecule is COCCNS(=O)(=O)Nc1cc2c(cc1N)OCC(=O)N2. The van der Waals surface area contributed by atoms with E-state index in [0.717, 1.165) is 0 Å². The zero-order chi connectivity index (χ0) is 15.5. The van der Waals surface area contributed by atoms with Crippen LogP contribution in [0.4, 0.5) is 17.1 Å². The fraction of sp³-hybridized carbons (Fsp3) is 0.364. The summed E-state index contributed by atoms with van der Waals surface area (Å²) in [5.74, 6) is 0.0710. The number of benzene rings is 1. The number of methoxy groups -OCH3 is 1. The summed E-state index contributed by atoms with van der Waals surface area (Å²) < 4.78 is 38.1. The number of nitrogens with two attached hydrogens (primary N) is 1. The molecule has 10 heteroatoms. The second-order valence-electron chi connectivity index (χ2n) is 4.27. The van der Waals surface area contributed by atoms with Gasteiger partial charge in [0.1, 0.15) is 5.75 Å². The van der Waals surface area contributed by atoms with Gasteiger partial charge in [0.15, 0.2) is 6.61 Å². The molecule has 9 nitrogen and oxygen atoms in total. The van der Waals surface area contributed by atoms with E-state index in [-0.39, 0.29) is 37.0 Å². The molecule has 0 saturated heterocycles. The average molecular weight is 316 g/mol. The molecule has 1 aromatic carbocycles. The molecular weight excluding hydrogens is 300 g/mol. The molecule has 2 rings (SSSR count). The van der Waals surface area contributed by atoms with Crippen molar-refractivity contribution in [1.82, 2.24) is 4.72 Å². The highest BCUT2D eigenvalue weighted by Gasteiger charge is 2.19. The summed E-state index contributed by atoms with van der Waals surface area (Å²) in [6, 6.07) is 2.85. The van der Waals surface area contributed by atoms with Crippen LogP contribution in [-0.2, 0) is 19.7 Å². The zero-order valence-electron chi connectivity index (χ0n) is 11.3. The van der Waals surface area contributed by atoms with Crippen LogP contribution in [0.1, 0.15) is 0 Å². The number of nitrogens with one attached hydrogen (secondary N) is 3. The van der Waals surface area contributed by atoms with Gasteiger partial charge in [-0.2, -0.15) is 13.1 Å². The summed E-state index contributed by atoms with van der Waals surface area (Å²) in [6.07, 6.45) is 0. The molecule has 21 heavy (non-hydrogen) atoms. The van der Waals surface area contributed by atoms with Gasteiger partial charge < -0.3 is 20.5 Å². The van der Waals surface area contributed by atoms with E-state index in [1.807, 2.05) is 0 Å². The Balaban J connectivity index is 2.17. The lowest BCUT2D eigenvalue weighted by Gasteiger charge is -2.20. The number of ether oxygens (including phenoxy) is 2. The molecule has 0 aliphatic carbocycles. The molecule has 1 aliphatic rings. The van der Waals surface area contributed by atoms with Crippen LogP contribution in [0.25, 0.3) is 0 Å². The van der Waals surface area contributed by atoms with E-state index in [9.17, 15) is 13.2 Å². The number of carbonyl (C=O) groups excluding carboxylic acids is 1. The second-order valence-corrected chi connectivity index (χ2v) is 5.76. The number of hydrogen-bond donors (Lipinski definition) is 4. The molecule has 0 radical (unpaired) electrons. The smallest absolute Gasteiger partial charge is 0.299 e. The Kier molecular flexibility index (Phi) is 4.50. The topological polar surface area (TPSA) is 132 Å². The van der Waals surface area contributed by atoms with E-state index in [0.29, 0.717) is 11.4 Å². The molecule has 0 fully saturated rings. The monoisotopic (exact) mass is 316 g/mol. The number of rotatable bonds is 6. The predicted octanol–water partition coefficient (Wildman–Crippen LogP) is -0.508. The predicted molar refractivity (Wildman–Crippen MR) is 77.4 cm³/mol. The summed E-state index contributed by atoms with van der Waals surface area (Å²) in [7, 11) is -2.32. The summed E-state index contributed by atoms with van der Waals surface area (Å²) >= 11 is 0. The molecule has 1 aromatic rings. The lowest BCUT2D eigenvalue weighted by molar-refractivity contribution is -0.118. The van der Waals surface area contributed by atoms with E-state index >= 15 is 0 Å². The number of nitrogen functional groups attached to an aromatic ring is 1. The van der Waals surface area contributed by atoms with Gasteiger partial charge in [-0.25, -0.2) is 0 Å². The first-order valence-electron chi connectivity index (χ1n) is 6.04. The lowest BCUT2D eigenvalue weighted by atomic mass is 10.2. The van der Waals surface area contributed by atoms with E-state index in [4.69, 9.17) is 15.2 Å². The molecule has 0 atom stereocenters. The maximum Gasteiger partial charge on any atom is 0.299 e. The molecule has 1 amide bonds. The van der Waals surface area contributed by atoms with Crippen molar-refractivity contribution in [2.45, 2.75) is 0 Å². The van der Waals surface area contributed by atoms with Crippen molar-refractivity contribution in [3.63, 3.8) is 0 Å². The van der Waals surface area contributed by atoms with Crippen molar-refractivity contribution in [2.75, 3.05) is 42.6 Å². The highest BCUT2D eigenvalue weighted by Crippen LogP contribution is 2.35. The van der Waals surface area contributed by atoms with Gasteiger partial charge in [0, 0.05) is 19.7 Å². The third kappa shape index (κ3) is 3.97. The van der Waals surface area contributed by atoms with Gasteiger partial charge in [-0.15, -0.1) is 0 Å². The maximum atomic E-state index is 11.8. The van der Waals surface area contributed by atoms with Gasteiger partial charge in [0.2, 0.25) is 0 Å². The summed E-state index contributed by atoms with van der Waals surface area (Å²) in [5.41, 5.74) is 6.45. The summed E-state index contributed by atoms with van der Waals surface area (Å²) in [6.45, 7) is 0.261. The third-order valence-corrected chi connectivity index (χ3v) is 3.70. The van der Waals surface area contributed by atoms with Gasteiger partial charge in [0.25, 0.3) is 16.1 Å². The van der Waals surface area contributed by atoms with Crippen molar-refractivity contribution in [2.24, 2.45) is 0 Å². The molecule has 0 saturated carbocycles. The molecule has 0 aromatic heterocycles. The van der Waals surface area contributed by atoms with Gasteiger partial charge >= 0.3 is 0 Å². The molecule has 0 bridgehead atoms. The van der Waals surface area contributed by atoms with Gasteiger partial charge in [-0.1, -0.05) is 0 Å². The van der Waals surface area contributed by atoms with Crippen LogP contribution in [0, 0.1) is 0 Å². The Bertz CT molecular complexity index is 646. The highest BCUT2D eigenvalue weighted by atomic mass is 32.2. The fourth-order valence-corrected chi connectivity index (χ4v) is 2.58. The molecule has 0 spiro atoms. The minimum Gasteiger partial charge on any atom is -0.482 e. The van der Waals surface area contributed by atoms with Crippen molar-refractivity contribution in [3.05, 3.63) is 12.1 Å². The van der Waals surface area contributed by atoms with Crippen LogP contribution in [-0.4, -0.2) is 41.2 Å². The Morgan fingerprint density at radius 2 is 2.24 bits per heavy atom. The fourth-order valence-electron chi connectivity index (χ4n) is 1.69. The van der Waals surface area contributed by atoms with Crippen LogP contribution in [0.2, 0.25) is 0 Å². The second kappa shape index (κ2) is 6.16. The highest BCUT2D eigenvalue weighted by molar-refractivity contribution is 7.90. The van der Waals surface area contributed by atoms with Crippen molar-refractivity contribution in [3.8, 4) is 5.75 Å². The van der Waals surface area contributed by atoms with E-state index in [2.05, 4.69) is 14.8 Å². The first-order valence-corrected chi connectivity index (χ1v) is 7.52. The Labute approximate surface area is 122 Å². The van der Waals surface area contributed by atoms with Gasteiger partial charge in [-0.3, -0.25) is 9.52 Å².